The van der Waals surface area contributed by atoms with Gasteiger partial charge in [0.2, 0.25) is 0 Å². The third kappa shape index (κ3) is 0.812. The molecule has 6 atom stereocenters. The van der Waals surface area contributed by atoms with Crippen molar-refractivity contribution < 1.29 is 4.86 Å². The fourth-order valence-corrected chi connectivity index (χ4v) is 4.52. The summed E-state index contributed by atoms with van der Waals surface area (Å²) < 4.78 is 0. The Morgan fingerprint density at radius 2 is 1.81 bits per heavy atom. The Kier molecular flexibility index (Phi) is 1.49. The Bertz CT molecular complexity index is 397. The number of hydrogen-bond acceptors (Lipinski definition) is 4. The number of hydrogen-bond donors (Lipinski definition) is 0. The van der Waals surface area contributed by atoms with Crippen LogP contribution in [0, 0.1) is 16.5 Å². The summed E-state index contributed by atoms with van der Waals surface area (Å²) in [7, 11) is 0. The molecule has 5 heteroatoms. The van der Waals surface area contributed by atoms with Gasteiger partial charge in [-0.25, -0.2) is 0 Å². The van der Waals surface area contributed by atoms with Crippen molar-refractivity contribution in [3.63, 3.8) is 0 Å². The number of hydroxylamine groups is 1. The number of nitrogens with zero attached hydrogens (tertiary/aromatic N) is 4. The zero-order chi connectivity index (χ0) is 10.9. The molecule has 0 radical (unpaired) electrons. The van der Waals surface area contributed by atoms with Crippen molar-refractivity contribution in [3.05, 3.63) is 5.21 Å². The van der Waals surface area contributed by atoms with Gasteiger partial charge < -0.3 is 5.21 Å². The molecule has 0 N–H and O–H groups in total. The standard InChI is InChI=1S/C11H16N4O/c1-11-8-4-2-6-10(11)7(15(16)14-6)3-5-9(11)13-12-8/h6-10H,2-5H2,1H3/t6-,7+,8?,9?,10?,11-/m1/s1. The van der Waals surface area contributed by atoms with Gasteiger partial charge in [-0.1, -0.05) is 11.8 Å². The lowest BCUT2D eigenvalue weighted by molar-refractivity contribution is -0.563. The molecule has 0 bridgehead atoms. The maximum Gasteiger partial charge on any atom is 0.195 e. The van der Waals surface area contributed by atoms with Crippen LogP contribution < -0.4 is 0 Å². The summed E-state index contributed by atoms with van der Waals surface area (Å²) in [5.41, 5.74) is 0.120. The van der Waals surface area contributed by atoms with Crippen LogP contribution in [0.5, 0.6) is 0 Å². The van der Waals surface area contributed by atoms with E-state index in [0.717, 1.165) is 30.5 Å². The lowest BCUT2D eigenvalue weighted by atomic mass is 9.54. The van der Waals surface area contributed by atoms with Crippen molar-refractivity contribution in [3.8, 4) is 0 Å². The molecule has 16 heavy (non-hydrogen) atoms. The first kappa shape index (κ1) is 9.07. The molecule has 2 fully saturated rings. The second kappa shape index (κ2) is 2.63. The van der Waals surface area contributed by atoms with Crippen LogP contribution in [-0.4, -0.2) is 29.0 Å². The second-order valence-electron chi connectivity index (χ2n) is 5.86. The zero-order valence-corrected chi connectivity index (χ0v) is 9.41. The van der Waals surface area contributed by atoms with Gasteiger partial charge in [-0.3, -0.25) is 0 Å². The van der Waals surface area contributed by atoms with Crippen LogP contribution in [-0.2, 0) is 0 Å². The van der Waals surface area contributed by atoms with Gasteiger partial charge in [0.25, 0.3) is 0 Å². The first-order valence-corrected chi connectivity index (χ1v) is 6.28. The highest BCUT2D eigenvalue weighted by Crippen LogP contribution is 2.58. The van der Waals surface area contributed by atoms with Crippen molar-refractivity contribution in [2.24, 2.45) is 26.7 Å². The second-order valence-corrected chi connectivity index (χ2v) is 5.86. The quantitative estimate of drug-likeness (QED) is 0.455. The summed E-state index contributed by atoms with van der Waals surface area (Å²) in [5, 5.41) is 25.0. The van der Waals surface area contributed by atoms with Crippen LogP contribution in [0.1, 0.15) is 32.6 Å². The van der Waals surface area contributed by atoms with Crippen LogP contribution in [0.25, 0.3) is 0 Å². The molecular formula is C11H16N4O. The van der Waals surface area contributed by atoms with E-state index in [0.29, 0.717) is 18.0 Å². The highest BCUT2D eigenvalue weighted by Gasteiger charge is 2.66. The Hall–Kier alpha value is -1.00. The predicted molar refractivity (Wildman–Crippen MR) is 56.1 cm³/mol. The lowest BCUT2D eigenvalue weighted by Gasteiger charge is -2.47. The molecular weight excluding hydrogens is 204 g/mol. The summed E-state index contributed by atoms with van der Waals surface area (Å²) in [6.07, 6.45) is 4.03. The van der Waals surface area contributed by atoms with Crippen molar-refractivity contribution in [1.29, 1.82) is 0 Å². The van der Waals surface area contributed by atoms with Crippen molar-refractivity contribution in [2.45, 2.75) is 56.8 Å². The number of azo groups is 2. The SMILES string of the molecule is C[C@@]12C3CC[C@H]4N=[N+]([O-])[C@@H](CCC1N=N3)C42. The van der Waals surface area contributed by atoms with E-state index in [1.54, 1.807) is 0 Å². The Morgan fingerprint density at radius 1 is 1.12 bits per heavy atom. The third-order valence-corrected chi connectivity index (χ3v) is 5.35. The highest BCUT2D eigenvalue weighted by molar-refractivity contribution is 5.14. The molecule has 0 aromatic heterocycles. The Balaban J connectivity index is 1.83. The van der Waals surface area contributed by atoms with Gasteiger partial charge in [-0.15, -0.1) is 0 Å². The molecule has 0 saturated heterocycles. The summed E-state index contributed by atoms with van der Waals surface area (Å²) >= 11 is 0. The summed E-state index contributed by atoms with van der Waals surface area (Å²) in [5.74, 6) is 0.400. The average Bonchev–Trinajstić information content (AvgIpc) is 2.73. The minimum Gasteiger partial charge on any atom is -0.600 e. The Labute approximate surface area is 94.2 Å². The van der Waals surface area contributed by atoms with Crippen LogP contribution in [0.15, 0.2) is 15.3 Å². The van der Waals surface area contributed by atoms with Gasteiger partial charge in [-0.2, -0.15) is 10.2 Å². The summed E-state index contributed by atoms with van der Waals surface area (Å²) in [6.45, 7) is 2.29. The molecule has 2 saturated carbocycles. The molecule has 2 aliphatic carbocycles. The van der Waals surface area contributed by atoms with Crippen molar-refractivity contribution in [2.75, 3.05) is 0 Å². The van der Waals surface area contributed by atoms with Gasteiger partial charge in [0.1, 0.15) is 6.04 Å². The Morgan fingerprint density at radius 3 is 2.56 bits per heavy atom. The summed E-state index contributed by atoms with van der Waals surface area (Å²) in [4.78, 5) is 0.998. The van der Waals surface area contributed by atoms with E-state index in [4.69, 9.17) is 0 Å². The van der Waals surface area contributed by atoms with Gasteiger partial charge in [0, 0.05) is 11.8 Å². The average molecular weight is 220 g/mol. The fourth-order valence-electron chi connectivity index (χ4n) is 4.52. The first-order chi connectivity index (χ1) is 7.71. The normalized spacial score (nSPS) is 57.3. The van der Waals surface area contributed by atoms with Gasteiger partial charge >= 0.3 is 0 Å². The monoisotopic (exact) mass is 220 g/mol. The van der Waals surface area contributed by atoms with E-state index < -0.39 is 0 Å². The molecule has 0 aromatic carbocycles. The van der Waals surface area contributed by atoms with E-state index in [1.165, 1.54) is 0 Å². The van der Waals surface area contributed by atoms with Crippen LogP contribution in [0.3, 0.4) is 0 Å². The summed E-state index contributed by atoms with van der Waals surface area (Å²) in [6, 6.07) is 1.05. The van der Waals surface area contributed by atoms with E-state index in [2.05, 4.69) is 22.3 Å². The minimum absolute atomic E-state index is 0.109. The molecule has 4 rings (SSSR count). The van der Waals surface area contributed by atoms with Crippen molar-refractivity contribution >= 4 is 0 Å². The first-order valence-electron chi connectivity index (χ1n) is 6.28. The molecule has 86 valence electrons. The largest absolute Gasteiger partial charge is 0.600 e. The van der Waals surface area contributed by atoms with Crippen LogP contribution >= 0.6 is 0 Å². The maximum absolute atomic E-state index is 11.8. The van der Waals surface area contributed by atoms with Gasteiger partial charge in [-0.05, 0) is 24.4 Å². The highest BCUT2D eigenvalue weighted by atomic mass is 16.5. The molecule has 0 spiro atoms. The van der Waals surface area contributed by atoms with E-state index in [9.17, 15) is 5.21 Å². The van der Waals surface area contributed by atoms with Crippen LogP contribution in [0.4, 0.5) is 0 Å². The molecule has 4 aliphatic rings. The minimum atomic E-state index is 0.109. The zero-order valence-electron chi connectivity index (χ0n) is 9.41. The molecule has 3 unspecified atom stereocenters. The molecule has 5 nitrogen and oxygen atoms in total. The third-order valence-electron chi connectivity index (χ3n) is 5.35. The molecule has 0 aromatic rings. The predicted octanol–water partition coefficient (Wildman–Crippen LogP) is 2.11. The van der Waals surface area contributed by atoms with Gasteiger partial charge in [0.15, 0.2) is 6.04 Å². The van der Waals surface area contributed by atoms with E-state index in [1.807, 2.05) is 0 Å². The lowest BCUT2D eigenvalue weighted by Crippen LogP contribution is -2.57. The molecule has 2 aliphatic heterocycles. The fraction of sp³-hybridized carbons (Fsp3) is 1.00. The van der Waals surface area contributed by atoms with Crippen molar-refractivity contribution in [1.82, 2.24) is 0 Å². The molecule has 0 amide bonds. The maximum atomic E-state index is 11.8. The molecule has 2 heterocycles. The van der Waals surface area contributed by atoms with Gasteiger partial charge in [0.05, 0.1) is 18.0 Å². The van der Waals surface area contributed by atoms with Crippen LogP contribution in [0.2, 0.25) is 0 Å². The smallest absolute Gasteiger partial charge is 0.195 e. The number of rotatable bonds is 0. The topological polar surface area (TPSA) is 63.1 Å². The van der Waals surface area contributed by atoms with E-state index in [-0.39, 0.29) is 17.5 Å². The van der Waals surface area contributed by atoms with E-state index >= 15 is 0 Å².